The fourth-order valence-corrected chi connectivity index (χ4v) is 1.92. The molecule has 0 unspecified atom stereocenters. The van der Waals surface area contributed by atoms with E-state index in [0.29, 0.717) is 13.0 Å². The van der Waals surface area contributed by atoms with Crippen LogP contribution in [0.25, 0.3) is 0 Å². The first-order chi connectivity index (χ1) is 9.11. The van der Waals surface area contributed by atoms with E-state index in [-0.39, 0.29) is 30.7 Å². The molecule has 0 atom stereocenters. The highest BCUT2D eigenvalue weighted by molar-refractivity contribution is 5.85. The summed E-state index contributed by atoms with van der Waals surface area (Å²) in [6.45, 7) is 2.41. The van der Waals surface area contributed by atoms with Crippen LogP contribution in [0.1, 0.15) is 24.0 Å². The number of carbonyl (C=O) groups excluding carboxylic acids is 1. The van der Waals surface area contributed by atoms with Crippen molar-refractivity contribution in [1.29, 1.82) is 0 Å². The van der Waals surface area contributed by atoms with Gasteiger partial charge in [-0.3, -0.25) is 4.79 Å². The monoisotopic (exact) mass is 335 g/mol. The van der Waals surface area contributed by atoms with Crippen LogP contribution in [0.4, 0.5) is 0 Å². The molecule has 1 aromatic carbocycles. The molecule has 0 aliphatic heterocycles. The molecule has 122 valence electrons. The molecule has 21 heavy (non-hydrogen) atoms. The Labute approximate surface area is 140 Å². The Kier molecular flexibility index (Phi) is 13.8. The average Bonchev–Trinajstić information content (AvgIpc) is 2.36. The van der Waals surface area contributed by atoms with E-state index < -0.39 is 0 Å². The highest BCUT2D eigenvalue weighted by Crippen LogP contribution is 2.07. The van der Waals surface area contributed by atoms with E-state index >= 15 is 0 Å². The van der Waals surface area contributed by atoms with Gasteiger partial charge >= 0.3 is 0 Å². The number of carbonyl (C=O) groups is 1. The topological polar surface area (TPSA) is 44.4 Å². The molecule has 6 heteroatoms. The van der Waals surface area contributed by atoms with Gasteiger partial charge in [-0.1, -0.05) is 24.3 Å². The summed E-state index contributed by atoms with van der Waals surface area (Å²) in [5.41, 5.74) is 2.42. The van der Waals surface area contributed by atoms with Crippen molar-refractivity contribution >= 4 is 30.7 Å². The van der Waals surface area contributed by atoms with Crippen molar-refractivity contribution in [2.75, 3.05) is 27.7 Å². The summed E-state index contributed by atoms with van der Waals surface area (Å²) in [6.07, 6.45) is 1.46. The Morgan fingerprint density at radius 3 is 2.48 bits per heavy atom. The first-order valence-electron chi connectivity index (χ1n) is 6.75. The lowest BCUT2D eigenvalue weighted by atomic mass is 10.1. The summed E-state index contributed by atoms with van der Waals surface area (Å²) >= 11 is 0. The van der Waals surface area contributed by atoms with Gasteiger partial charge in [0.15, 0.2) is 0 Å². The zero-order valence-electron chi connectivity index (χ0n) is 13.0. The quantitative estimate of drug-likeness (QED) is 0.716. The molecule has 0 aliphatic rings. The van der Waals surface area contributed by atoms with Crippen LogP contribution in [-0.2, 0) is 17.9 Å². The standard InChI is InChI=1S/C15H25N3O.2ClH/c1-16-9-5-8-15(19)17-11-13-6-4-7-14(10-13)12-18(2)3;;/h4,6-7,10,16H,5,8-9,11-12H2,1-3H3,(H,17,19);2*1H. The fourth-order valence-electron chi connectivity index (χ4n) is 1.92. The second-order valence-corrected chi connectivity index (χ2v) is 5.04. The molecule has 1 rings (SSSR count). The molecular formula is C15H27Cl2N3O. The normalized spacial score (nSPS) is 9.71. The molecule has 0 spiro atoms. The second kappa shape index (κ2) is 12.9. The first-order valence-corrected chi connectivity index (χ1v) is 6.75. The van der Waals surface area contributed by atoms with Gasteiger partial charge in [-0.05, 0) is 45.2 Å². The summed E-state index contributed by atoms with van der Waals surface area (Å²) in [6, 6.07) is 8.35. The van der Waals surface area contributed by atoms with E-state index in [1.807, 2.05) is 19.2 Å². The maximum atomic E-state index is 11.6. The van der Waals surface area contributed by atoms with Crippen LogP contribution in [0.3, 0.4) is 0 Å². The number of amides is 1. The number of nitrogens with one attached hydrogen (secondary N) is 2. The molecule has 0 fully saturated rings. The molecule has 0 radical (unpaired) electrons. The lowest BCUT2D eigenvalue weighted by Gasteiger charge is -2.11. The largest absolute Gasteiger partial charge is 0.352 e. The van der Waals surface area contributed by atoms with Crippen molar-refractivity contribution in [2.24, 2.45) is 0 Å². The maximum absolute atomic E-state index is 11.6. The van der Waals surface area contributed by atoms with Crippen LogP contribution in [0, 0.1) is 0 Å². The molecule has 0 saturated carbocycles. The Balaban J connectivity index is 0. The molecule has 0 heterocycles. The SMILES string of the molecule is CNCCCC(=O)NCc1cccc(CN(C)C)c1.Cl.Cl. The number of benzene rings is 1. The van der Waals surface area contributed by atoms with Gasteiger partial charge in [0.1, 0.15) is 0 Å². The molecule has 0 aliphatic carbocycles. The van der Waals surface area contributed by atoms with Crippen LogP contribution < -0.4 is 10.6 Å². The third kappa shape index (κ3) is 10.5. The van der Waals surface area contributed by atoms with Gasteiger partial charge in [-0.25, -0.2) is 0 Å². The molecule has 4 nitrogen and oxygen atoms in total. The zero-order valence-corrected chi connectivity index (χ0v) is 14.6. The number of nitrogens with zero attached hydrogens (tertiary/aromatic N) is 1. The first kappa shape index (κ1) is 22.5. The van der Waals surface area contributed by atoms with E-state index in [9.17, 15) is 4.79 Å². The Morgan fingerprint density at radius 2 is 1.86 bits per heavy atom. The van der Waals surface area contributed by atoms with Crippen LogP contribution in [0.5, 0.6) is 0 Å². The van der Waals surface area contributed by atoms with Crippen molar-refractivity contribution in [3.8, 4) is 0 Å². The van der Waals surface area contributed by atoms with Gasteiger partial charge in [0.05, 0.1) is 0 Å². The summed E-state index contributed by atoms with van der Waals surface area (Å²) < 4.78 is 0. The summed E-state index contributed by atoms with van der Waals surface area (Å²) in [5.74, 6) is 0.119. The van der Waals surface area contributed by atoms with Gasteiger partial charge in [0.25, 0.3) is 0 Å². The van der Waals surface area contributed by atoms with Gasteiger partial charge in [0, 0.05) is 19.5 Å². The minimum Gasteiger partial charge on any atom is -0.352 e. The van der Waals surface area contributed by atoms with E-state index in [0.717, 1.165) is 25.1 Å². The molecule has 1 aromatic rings. The summed E-state index contributed by atoms with van der Waals surface area (Å²) in [7, 11) is 6.00. The summed E-state index contributed by atoms with van der Waals surface area (Å²) in [4.78, 5) is 13.7. The average molecular weight is 336 g/mol. The molecule has 0 bridgehead atoms. The van der Waals surface area contributed by atoms with Crippen molar-refractivity contribution in [1.82, 2.24) is 15.5 Å². The second-order valence-electron chi connectivity index (χ2n) is 5.04. The fraction of sp³-hybridized carbons (Fsp3) is 0.533. The van der Waals surface area contributed by atoms with E-state index in [4.69, 9.17) is 0 Å². The molecule has 1 amide bonds. The number of rotatable bonds is 8. The van der Waals surface area contributed by atoms with E-state index in [2.05, 4.69) is 41.8 Å². The van der Waals surface area contributed by atoms with E-state index in [1.54, 1.807) is 0 Å². The van der Waals surface area contributed by atoms with Gasteiger partial charge < -0.3 is 15.5 Å². The van der Waals surface area contributed by atoms with Crippen LogP contribution in [-0.4, -0.2) is 38.5 Å². The number of halogens is 2. The third-order valence-electron chi connectivity index (χ3n) is 2.81. The van der Waals surface area contributed by atoms with Crippen molar-refractivity contribution in [2.45, 2.75) is 25.9 Å². The molecular weight excluding hydrogens is 309 g/mol. The zero-order chi connectivity index (χ0) is 14.1. The molecule has 0 saturated heterocycles. The van der Waals surface area contributed by atoms with Gasteiger partial charge in [0.2, 0.25) is 5.91 Å². The van der Waals surface area contributed by atoms with Crippen molar-refractivity contribution in [3.63, 3.8) is 0 Å². The number of hydrogen-bond acceptors (Lipinski definition) is 3. The number of hydrogen-bond donors (Lipinski definition) is 2. The maximum Gasteiger partial charge on any atom is 0.220 e. The smallest absolute Gasteiger partial charge is 0.220 e. The lowest BCUT2D eigenvalue weighted by Crippen LogP contribution is -2.23. The predicted molar refractivity (Wildman–Crippen MR) is 93.3 cm³/mol. The van der Waals surface area contributed by atoms with Gasteiger partial charge in [-0.2, -0.15) is 0 Å². The van der Waals surface area contributed by atoms with Crippen molar-refractivity contribution < 1.29 is 4.79 Å². The van der Waals surface area contributed by atoms with E-state index in [1.165, 1.54) is 5.56 Å². The molecule has 0 aromatic heterocycles. The molecule has 2 N–H and O–H groups in total. The Morgan fingerprint density at radius 1 is 1.19 bits per heavy atom. The minimum absolute atomic E-state index is 0. The van der Waals surface area contributed by atoms with Gasteiger partial charge in [-0.15, -0.1) is 24.8 Å². The van der Waals surface area contributed by atoms with Crippen LogP contribution >= 0.6 is 24.8 Å². The highest BCUT2D eigenvalue weighted by Gasteiger charge is 2.02. The highest BCUT2D eigenvalue weighted by atomic mass is 35.5. The Hall–Kier alpha value is -0.810. The minimum atomic E-state index is 0. The predicted octanol–water partition coefficient (Wildman–Crippen LogP) is 2.21. The third-order valence-corrected chi connectivity index (χ3v) is 2.81. The lowest BCUT2D eigenvalue weighted by molar-refractivity contribution is -0.121. The van der Waals surface area contributed by atoms with Crippen molar-refractivity contribution in [3.05, 3.63) is 35.4 Å². The van der Waals surface area contributed by atoms with Crippen LogP contribution in [0.15, 0.2) is 24.3 Å². The van der Waals surface area contributed by atoms with Crippen LogP contribution in [0.2, 0.25) is 0 Å². The summed E-state index contributed by atoms with van der Waals surface area (Å²) in [5, 5.41) is 6.00. The Bertz CT molecular complexity index is 400.